The van der Waals surface area contributed by atoms with E-state index in [0.717, 1.165) is 11.6 Å². The van der Waals surface area contributed by atoms with E-state index in [9.17, 15) is 14.3 Å². The number of rotatable bonds is 5. The summed E-state index contributed by atoms with van der Waals surface area (Å²) in [5.74, 6) is -1.45. The third-order valence-corrected chi connectivity index (χ3v) is 3.40. The molecule has 4 nitrogen and oxygen atoms in total. The Morgan fingerprint density at radius 1 is 1.26 bits per heavy atom. The second kappa shape index (κ2) is 7.57. The number of aliphatic hydroxyl groups is 1. The first-order chi connectivity index (χ1) is 11.1. The highest BCUT2D eigenvalue weighted by atomic mass is 19.1. The molecule has 23 heavy (non-hydrogen) atoms. The Labute approximate surface area is 135 Å². The monoisotopic (exact) mass is 308 g/mol. The molecule has 0 aliphatic heterocycles. The van der Waals surface area contributed by atoms with Crippen molar-refractivity contribution in [2.45, 2.75) is 6.54 Å². The Bertz CT molecular complexity index is 744. The molecule has 0 atom stereocenters. The average Bonchev–Trinajstić information content (AvgIpc) is 2.55. The van der Waals surface area contributed by atoms with Crippen molar-refractivity contribution in [3.63, 3.8) is 0 Å². The van der Waals surface area contributed by atoms with E-state index in [1.165, 1.54) is 11.0 Å². The molecule has 2 aromatic carbocycles. The Kier molecular flexibility index (Phi) is 5.50. The van der Waals surface area contributed by atoms with E-state index in [2.05, 4.69) is 0 Å². The summed E-state index contributed by atoms with van der Waals surface area (Å²) in [4.78, 5) is 13.9. The van der Waals surface area contributed by atoms with Gasteiger partial charge in [-0.3, -0.25) is 4.79 Å². The predicted molar refractivity (Wildman–Crippen MR) is 84.8 cm³/mol. The molecule has 0 fully saturated rings. The molecule has 1 amide bonds. The van der Waals surface area contributed by atoms with Crippen molar-refractivity contribution in [3.8, 4) is 6.07 Å². The number of amides is 1. The van der Waals surface area contributed by atoms with Crippen LogP contribution in [0.5, 0.6) is 0 Å². The average molecular weight is 308 g/mol. The van der Waals surface area contributed by atoms with Crippen LogP contribution in [0.4, 0.5) is 4.39 Å². The number of benzene rings is 2. The molecule has 2 aromatic rings. The number of carbonyl (C=O) groups is 1. The first kappa shape index (κ1) is 16.7. The van der Waals surface area contributed by atoms with E-state index in [1.807, 2.05) is 36.4 Å². The lowest BCUT2D eigenvalue weighted by Gasteiger charge is -2.23. The van der Waals surface area contributed by atoms with Crippen LogP contribution in [0, 0.1) is 17.1 Å². The minimum atomic E-state index is -0.789. The zero-order valence-corrected chi connectivity index (χ0v) is 12.4. The van der Waals surface area contributed by atoms with Gasteiger partial charge in [-0.05, 0) is 17.7 Å². The summed E-state index contributed by atoms with van der Waals surface area (Å²) in [5, 5.41) is 18.2. The zero-order chi connectivity index (χ0) is 16.8. The molecule has 0 heterocycles. The number of nitrogens with zero attached hydrogens (tertiary/aromatic N) is 2. The van der Waals surface area contributed by atoms with Gasteiger partial charge in [-0.2, -0.15) is 5.26 Å². The second-order valence-corrected chi connectivity index (χ2v) is 4.93. The van der Waals surface area contributed by atoms with E-state index >= 15 is 0 Å². The van der Waals surface area contributed by atoms with Crippen molar-refractivity contribution in [1.82, 2.24) is 4.90 Å². The van der Waals surface area contributed by atoms with Crippen molar-refractivity contribution in [2.24, 2.45) is 0 Å². The minimum Gasteiger partial charge on any atom is -0.395 e. The van der Waals surface area contributed by atoms with Crippen LogP contribution < -0.4 is 5.46 Å². The largest absolute Gasteiger partial charge is 0.395 e. The van der Waals surface area contributed by atoms with Crippen LogP contribution in [0.25, 0.3) is 0 Å². The number of aliphatic hydroxyl groups excluding tert-OH is 1. The molecule has 0 spiro atoms. The summed E-state index contributed by atoms with van der Waals surface area (Å²) in [6, 6.07) is 13.2. The van der Waals surface area contributed by atoms with Crippen molar-refractivity contribution in [2.75, 3.05) is 13.2 Å². The molecule has 0 bridgehead atoms. The molecule has 0 aromatic heterocycles. The topological polar surface area (TPSA) is 64.3 Å². The lowest BCUT2D eigenvalue weighted by atomic mass is 9.85. The fourth-order valence-corrected chi connectivity index (χ4v) is 2.24. The van der Waals surface area contributed by atoms with Crippen LogP contribution in [-0.2, 0) is 6.54 Å². The van der Waals surface area contributed by atoms with E-state index in [0.29, 0.717) is 0 Å². The van der Waals surface area contributed by atoms with Gasteiger partial charge in [0.05, 0.1) is 18.2 Å². The van der Waals surface area contributed by atoms with Gasteiger partial charge in [0.25, 0.3) is 5.91 Å². The van der Waals surface area contributed by atoms with Crippen molar-refractivity contribution >= 4 is 19.2 Å². The van der Waals surface area contributed by atoms with E-state index in [1.54, 1.807) is 0 Å². The summed E-state index contributed by atoms with van der Waals surface area (Å²) < 4.78 is 14.1. The Morgan fingerprint density at radius 2 is 1.96 bits per heavy atom. The lowest BCUT2D eigenvalue weighted by Crippen LogP contribution is -2.37. The molecule has 2 rings (SSSR count). The molecule has 2 radical (unpaired) electrons. The summed E-state index contributed by atoms with van der Waals surface area (Å²) in [6.07, 6.45) is 0. The first-order valence-electron chi connectivity index (χ1n) is 7.00. The maximum Gasteiger partial charge on any atom is 0.256 e. The number of hydrogen-bond acceptors (Lipinski definition) is 3. The highest BCUT2D eigenvalue weighted by molar-refractivity contribution is 6.38. The Morgan fingerprint density at radius 3 is 2.57 bits per heavy atom. The summed E-state index contributed by atoms with van der Waals surface area (Å²) >= 11 is 0. The van der Waals surface area contributed by atoms with Gasteiger partial charge in [0.2, 0.25) is 0 Å². The van der Waals surface area contributed by atoms with Gasteiger partial charge in [0.15, 0.2) is 0 Å². The highest BCUT2D eigenvalue weighted by Crippen LogP contribution is 2.13. The van der Waals surface area contributed by atoms with Crippen molar-refractivity contribution < 1.29 is 14.3 Å². The SMILES string of the molecule is [B]c1c(C#N)ccc(F)c1C(=O)N(CCO)Cc1ccccc1. The third kappa shape index (κ3) is 3.76. The summed E-state index contributed by atoms with van der Waals surface area (Å²) in [6.45, 7) is -0.0304. The van der Waals surface area contributed by atoms with E-state index < -0.39 is 11.7 Å². The van der Waals surface area contributed by atoms with E-state index in [-0.39, 0.29) is 36.3 Å². The molecule has 0 aliphatic carbocycles. The van der Waals surface area contributed by atoms with Gasteiger partial charge in [-0.15, -0.1) is 0 Å². The van der Waals surface area contributed by atoms with Crippen molar-refractivity contribution in [1.29, 1.82) is 5.26 Å². The molecule has 0 saturated heterocycles. The van der Waals surface area contributed by atoms with Gasteiger partial charge in [-0.25, -0.2) is 4.39 Å². The summed E-state index contributed by atoms with van der Waals surface area (Å²) in [5.41, 5.74) is 0.352. The third-order valence-electron chi connectivity index (χ3n) is 3.40. The van der Waals surface area contributed by atoms with Crippen LogP contribution in [-0.4, -0.2) is 36.9 Å². The van der Waals surface area contributed by atoms with Crippen molar-refractivity contribution in [3.05, 3.63) is 65.0 Å². The molecule has 1 N–H and O–H groups in total. The van der Waals surface area contributed by atoms with Gasteiger partial charge < -0.3 is 10.0 Å². The predicted octanol–water partition coefficient (Wildman–Crippen LogP) is 1.13. The number of halogens is 1. The van der Waals surface area contributed by atoms with Gasteiger partial charge >= 0.3 is 0 Å². The van der Waals surface area contributed by atoms with Crippen LogP contribution >= 0.6 is 0 Å². The van der Waals surface area contributed by atoms with Gasteiger partial charge in [0, 0.05) is 18.7 Å². The molecule has 0 unspecified atom stereocenters. The molecule has 114 valence electrons. The normalized spacial score (nSPS) is 10.1. The van der Waals surface area contributed by atoms with E-state index in [4.69, 9.17) is 13.1 Å². The number of carbonyl (C=O) groups excluding carboxylic acids is 1. The standard InChI is InChI=1S/C17H14BFN2O2/c18-16-13(10-20)6-7-14(19)15(16)17(23)21(8-9-22)11-12-4-2-1-3-5-12/h1-7,22H,8-9,11H2. The minimum absolute atomic E-state index is 0.0311. The maximum atomic E-state index is 14.1. The van der Waals surface area contributed by atoms with Crippen LogP contribution in [0.15, 0.2) is 42.5 Å². The van der Waals surface area contributed by atoms with Crippen LogP contribution in [0.1, 0.15) is 21.5 Å². The summed E-state index contributed by atoms with van der Waals surface area (Å²) in [7, 11) is 5.75. The number of hydrogen-bond donors (Lipinski definition) is 1. The van der Waals surface area contributed by atoms with Crippen LogP contribution in [0.2, 0.25) is 0 Å². The molecule has 6 heteroatoms. The fraction of sp³-hybridized carbons (Fsp3) is 0.176. The molecule has 0 aliphatic rings. The van der Waals surface area contributed by atoms with Gasteiger partial charge in [0.1, 0.15) is 13.7 Å². The zero-order valence-electron chi connectivity index (χ0n) is 12.4. The second-order valence-electron chi connectivity index (χ2n) is 4.93. The smallest absolute Gasteiger partial charge is 0.256 e. The molecular formula is C17H14BFN2O2. The Hall–Kier alpha value is -2.65. The first-order valence-corrected chi connectivity index (χ1v) is 7.00. The fourth-order valence-electron chi connectivity index (χ4n) is 2.24. The maximum absolute atomic E-state index is 14.1. The highest BCUT2D eigenvalue weighted by Gasteiger charge is 2.22. The van der Waals surface area contributed by atoms with Gasteiger partial charge in [-0.1, -0.05) is 35.8 Å². The Balaban J connectivity index is 2.37. The quantitative estimate of drug-likeness (QED) is 0.842. The van der Waals surface area contributed by atoms with Crippen LogP contribution in [0.3, 0.4) is 0 Å². The number of nitriles is 1. The molecule has 0 saturated carbocycles. The lowest BCUT2D eigenvalue weighted by molar-refractivity contribution is 0.0704. The molecular weight excluding hydrogens is 294 g/mol.